The molecule has 494 valence electrons. The Kier molecular flexibility index (Phi) is 26.0. The van der Waals surface area contributed by atoms with Gasteiger partial charge in [0.15, 0.2) is 0 Å². The summed E-state index contributed by atoms with van der Waals surface area (Å²) in [7, 11) is 0. The molecule has 19 N–H and O–H groups in total. The van der Waals surface area contributed by atoms with Gasteiger partial charge < -0.3 is 90.0 Å². The summed E-state index contributed by atoms with van der Waals surface area (Å²) < 4.78 is 0. The minimum absolute atomic E-state index is 0.00443. The minimum atomic E-state index is -1.99. The molecule has 0 unspecified atom stereocenters. The van der Waals surface area contributed by atoms with E-state index in [9.17, 15) is 87.5 Å². The summed E-state index contributed by atoms with van der Waals surface area (Å²) in [5.74, 6) is -15.4. The largest absolute Gasteiger partial charge is 0.508 e. The first-order valence-corrected chi connectivity index (χ1v) is 29.3. The van der Waals surface area contributed by atoms with E-state index in [1.54, 1.807) is 91.1 Å². The van der Waals surface area contributed by atoms with E-state index in [1.807, 2.05) is 0 Å². The number of carboxylic acids is 2. The molecule has 93 heavy (non-hydrogen) atoms. The van der Waals surface area contributed by atoms with Crippen LogP contribution in [0.5, 0.6) is 5.75 Å². The normalized spacial score (nSPS) is 15.5. The number of rotatable bonds is 35. The van der Waals surface area contributed by atoms with Gasteiger partial charge in [0, 0.05) is 55.6 Å². The van der Waals surface area contributed by atoms with Crippen LogP contribution in [-0.4, -0.2) is 175 Å². The zero-order valence-electron chi connectivity index (χ0n) is 50.2. The van der Waals surface area contributed by atoms with Crippen LogP contribution in [0.4, 0.5) is 0 Å². The number of hydrogen-bond donors (Lipinski definition) is 17. The van der Waals surface area contributed by atoms with E-state index in [-0.39, 0.29) is 43.4 Å². The van der Waals surface area contributed by atoms with Gasteiger partial charge in [0.2, 0.25) is 70.9 Å². The molecule has 31 heteroatoms. The molecule has 0 saturated carbocycles. The number of carbonyl (C=O) groups is 14. The van der Waals surface area contributed by atoms with E-state index in [2.05, 4.69) is 58.2 Å². The Hall–Kier alpha value is -11.2. The highest BCUT2D eigenvalue weighted by molar-refractivity contribution is 6.00. The predicted octanol–water partition coefficient (Wildman–Crippen LogP) is -3.50. The summed E-state index contributed by atoms with van der Waals surface area (Å²) in [6, 6.07) is 14.2. The zero-order chi connectivity index (χ0) is 67.9. The summed E-state index contributed by atoms with van der Waals surface area (Å²) in [6.07, 6.45) is -4.11. The molecule has 1 fully saturated rings. The number of benzene rings is 4. The average molecular weight is 1290 g/mol. The number of H-pyrrole nitrogens is 1. The van der Waals surface area contributed by atoms with E-state index in [0.717, 1.165) is 6.92 Å². The number of primary amides is 2. The van der Waals surface area contributed by atoms with E-state index in [0.29, 0.717) is 27.6 Å². The first-order chi connectivity index (χ1) is 44.2. The lowest BCUT2D eigenvalue weighted by molar-refractivity contribution is -0.142. The number of aromatic hydroxyl groups is 1. The van der Waals surface area contributed by atoms with Crippen molar-refractivity contribution >= 4 is 93.7 Å². The maximum atomic E-state index is 14.7. The van der Waals surface area contributed by atoms with Crippen LogP contribution < -0.4 is 64.6 Å². The molecule has 1 saturated heterocycles. The van der Waals surface area contributed by atoms with Crippen molar-refractivity contribution in [3.05, 3.63) is 138 Å². The summed E-state index contributed by atoms with van der Waals surface area (Å²) in [5, 5.41) is 65.1. The lowest BCUT2D eigenvalue weighted by Gasteiger charge is -2.27. The van der Waals surface area contributed by atoms with Crippen LogP contribution in [0.25, 0.3) is 10.9 Å². The monoisotopic (exact) mass is 1290 g/mol. The molecule has 0 aliphatic carbocycles. The van der Waals surface area contributed by atoms with Crippen LogP contribution in [0, 0.1) is 0 Å². The third kappa shape index (κ3) is 22.3. The second-order valence-electron chi connectivity index (χ2n) is 22.0. The van der Waals surface area contributed by atoms with Crippen LogP contribution in [0.15, 0.2) is 115 Å². The van der Waals surface area contributed by atoms with Gasteiger partial charge in [-0.05, 0) is 60.2 Å². The Balaban J connectivity index is 1.19. The Morgan fingerprint density at radius 3 is 1.51 bits per heavy atom. The number of para-hydroxylation sites is 1. The number of phenols is 1. The molecule has 1 aliphatic heterocycles. The number of aliphatic hydroxyl groups is 1. The fourth-order valence-electron chi connectivity index (χ4n) is 9.89. The molecule has 1 aliphatic rings. The molecule has 5 aromatic rings. The van der Waals surface area contributed by atoms with Crippen molar-refractivity contribution in [2.24, 2.45) is 11.5 Å². The summed E-state index contributed by atoms with van der Waals surface area (Å²) in [6.45, 7) is 0.154. The summed E-state index contributed by atoms with van der Waals surface area (Å²) >= 11 is 0. The standard InChI is InChI=1S/C62H73N13O18/c1-32(76)53(75-61(92)44(26-35-16-18-37(77)19-17-35)72-60(91)47(29-52(83)84)73-56(87)41(20-22-48(63)78)69-55(86)40-21-23-49(79)67-40)62(93)66-31-50(80)68-45(27-36-30-65-39-15-9-8-14-38(36)39)58(89)71-43(25-34-12-6-3-7-13-34)57(88)74-46(28-51(81)82)59(90)70-42(54(64)85)24-33-10-4-2-5-11-33/h2-19,30,32,40-47,53,65,76-77H,20-29,31H2,1H3,(H2,63,78)(H2,64,85)(H,66,93)(H,67,79)(H,68,80)(H,69,86)(H,70,90)(H,71,89)(H,72,91)(H,73,87)(H,74,88)(H,75,92)(H,81,82)(H,83,84)/t32-,40+,41+,42+,43+,44+,45+,46+,47+,53+/m1/s1. The van der Waals surface area contributed by atoms with Gasteiger partial charge in [-0.15, -0.1) is 0 Å². The van der Waals surface area contributed by atoms with Crippen molar-refractivity contribution < 1.29 is 87.5 Å². The Morgan fingerprint density at radius 2 is 1.00 bits per heavy atom. The van der Waals surface area contributed by atoms with E-state index >= 15 is 0 Å². The molecule has 6 rings (SSSR count). The van der Waals surface area contributed by atoms with Gasteiger partial charge in [-0.25, -0.2) is 0 Å². The SMILES string of the molecule is C[C@@H](O)[C@H](NC(=O)[C@H](Cc1ccc(O)cc1)NC(=O)[C@H](CC(=O)O)NC(=O)[C@H](CCC(N)=O)NC(=O)[C@@H]1CCC(=O)N1)C(=O)NCC(=O)N[C@@H](Cc1c[nH]c2ccccc12)C(=O)N[C@@H](Cc1ccccc1)C(=O)N[C@@H](CC(=O)O)C(=O)N[C@@H](Cc1ccccc1)C(N)=O. The van der Waals surface area contributed by atoms with Gasteiger partial charge in [-0.1, -0.05) is 91.0 Å². The lowest BCUT2D eigenvalue weighted by atomic mass is 10.0. The molecule has 31 nitrogen and oxygen atoms in total. The van der Waals surface area contributed by atoms with Gasteiger partial charge in [0.25, 0.3) is 0 Å². The third-order valence-corrected chi connectivity index (χ3v) is 14.8. The lowest BCUT2D eigenvalue weighted by Crippen LogP contribution is -2.61. The number of carboxylic acid groups (broad SMARTS) is 2. The van der Waals surface area contributed by atoms with Crippen LogP contribution in [0.2, 0.25) is 0 Å². The molecular weight excluding hydrogens is 1210 g/mol. The van der Waals surface area contributed by atoms with Crippen LogP contribution in [0.1, 0.15) is 67.7 Å². The van der Waals surface area contributed by atoms with Crippen molar-refractivity contribution in [3.8, 4) is 5.75 Å². The summed E-state index contributed by atoms with van der Waals surface area (Å²) in [5.41, 5.74) is 13.4. The maximum absolute atomic E-state index is 14.7. The van der Waals surface area contributed by atoms with Crippen molar-refractivity contribution in [3.63, 3.8) is 0 Å². The van der Waals surface area contributed by atoms with Crippen molar-refractivity contribution in [2.75, 3.05) is 6.54 Å². The number of carbonyl (C=O) groups excluding carboxylic acids is 12. The Labute approximate surface area is 530 Å². The number of aliphatic carboxylic acids is 2. The number of fused-ring (bicyclic) bond motifs is 1. The first kappa shape index (κ1) is 70.8. The smallest absolute Gasteiger partial charge is 0.305 e. The molecule has 10 atom stereocenters. The van der Waals surface area contributed by atoms with E-state index in [4.69, 9.17) is 11.5 Å². The molecule has 2 heterocycles. The molecule has 4 aromatic carbocycles. The second-order valence-corrected chi connectivity index (χ2v) is 22.0. The molecule has 1 aromatic heterocycles. The highest BCUT2D eigenvalue weighted by Crippen LogP contribution is 2.20. The number of nitrogens with two attached hydrogens (primary N) is 2. The topological polar surface area (TPSA) is 508 Å². The first-order valence-electron chi connectivity index (χ1n) is 29.3. The number of aliphatic hydroxyl groups excluding tert-OH is 1. The van der Waals surface area contributed by atoms with Crippen LogP contribution in [0.3, 0.4) is 0 Å². The summed E-state index contributed by atoms with van der Waals surface area (Å²) in [4.78, 5) is 189. The quantitative estimate of drug-likeness (QED) is 0.0187. The molecule has 0 bridgehead atoms. The molecular formula is C62H73N13O18. The molecule has 0 radical (unpaired) electrons. The number of aromatic nitrogens is 1. The fraction of sp³-hybridized carbons (Fsp3) is 0.355. The highest BCUT2D eigenvalue weighted by Gasteiger charge is 2.37. The number of nitrogens with one attached hydrogen (secondary N) is 11. The predicted molar refractivity (Wildman–Crippen MR) is 328 cm³/mol. The van der Waals surface area contributed by atoms with E-state index < -0.39 is 182 Å². The second kappa shape index (κ2) is 34.1. The maximum Gasteiger partial charge on any atom is 0.305 e. The van der Waals surface area contributed by atoms with Gasteiger partial charge >= 0.3 is 11.9 Å². The van der Waals surface area contributed by atoms with Gasteiger partial charge in [0.1, 0.15) is 60.1 Å². The van der Waals surface area contributed by atoms with Gasteiger partial charge in [0.05, 0.1) is 25.5 Å². The van der Waals surface area contributed by atoms with Gasteiger partial charge in [-0.2, -0.15) is 0 Å². The van der Waals surface area contributed by atoms with Crippen molar-refractivity contribution in [2.45, 2.75) is 132 Å². The highest BCUT2D eigenvalue weighted by atomic mass is 16.4. The zero-order valence-corrected chi connectivity index (χ0v) is 50.2. The van der Waals surface area contributed by atoms with Crippen molar-refractivity contribution in [1.29, 1.82) is 0 Å². The fourth-order valence-corrected chi connectivity index (χ4v) is 9.89. The average Bonchev–Trinajstić information content (AvgIpc) is 2.57. The third-order valence-electron chi connectivity index (χ3n) is 14.8. The number of phenolic OH excluding ortho intramolecular Hbond substituents is 1. The minimum Gasteiger partial charge on any atom is -0.508 e. The Bertz CT molecular complexity index is 3550. The molecule has 12 amide bonds. The van der Waals surface area contributed by atoms with Crippen molar-refractivity contribution in [1.82, 2.24) is 58.2 Å². The molecule has 0 spiro atoms. The van der Waals surface area contributed by atoms with Crippen LogP contribution >= 0.6 is 0 Å². The van der Waals surface area contributed by atoms with Crippen LogP contribution in [-0.2, 0) is 92.8 Å². The number of hydrogen-bond acceptors (Lipinski definition) is 16. The number of amides is 12. The number of aromatic amines is 1. The Morgan fingerprint density at radius 1 is 0.538 bits per heavy atom. The van der Waals surface area contributed by atoms with Gasteiger partial charge in [-0.3, -0.25) is 67.1 Å². The van der Waals surface area contributed by atoms with E-state index in [1.165, 1.54) is 24.3 Å².